The van der Waals surface area contributed by atoms with Crippen LogP contribution >= 0.6 is 0 Å². The van der Waals surface area contributed by atoms with Gasteiger partial charge in [0.25, 0.3) is 5.91 Å². The standard InChI is InChI=1S/C26H28N2O2/c1-5-24(30-25-13-9-10-17(3)18(25)4)26(29)27-19-14-15-23-21(16-19)20-11-7-8-12-22(20)28(23)6-2/h7-16,24H,5-6H2,1-4H3,(H,27,29). The molecule has 1 heterocycles. The van der Waals surface area contributed by atoms with Gasteiger partial charge in [0.1, 0.15) is 5.75 Å². The van der Waals surface area contributed by atoms with Gasteiger partial charge in [0.05, 0.1) is 0 Å². The van der Waals surface area contributed by atoms with Crippen molar-refractivity contribution >= 4 is 33.4 Å². The van der Waals surface area contributed by atoms with Crippen molar-refractivity contribution in [3.63, 3.8) is 0 Å². The Morgan fingerprint density at radius 1 is 0.967 bits per heavy atom. The van der Waals surface area contributed by atoms with E-state index >= 15 is 0 Å². The Kier molecular flexibility index (Phi) is 5.49. The smallest absolute Gasteiger partial charge is 0.265 e. The lowest BCUT2D eigenvalue weighted by molar-refractivity contribution is -0.122. The highest BCUT2D eigenvalue weighted by atomic mass is 16.5. The molecule has 1 atom stereocenters. The highest BCUT2D eigenvalue weighted by Crippen LogP contribution is 2.31. The number of carbonyl (C=O) groups excluding carboxylic acids is 1. The number of hydrogen-bond donors (Lipinski definition) is 1. The number of amides is 1. The van der Waals surface area contributed by atoms with Crippen molar-refractivity contribution in [2.45, 2.75) is 46.8 Å². The Hall–Kier alpha value is -3.27. The monoisotopic (exact) mass is 400 g/mol. The number of ether oxygens (including phenoxy) is 1. The van der Waals surface area contributed by atoms with E-state index in [1.807, 2.05) is 45.0 Å². The lowest BCUT2D eigenvalue weighted by atomic mass is 10.1. The molecule has 4 aromatic rings. The van der Waals surface area contributed by atoms with Gasteiger partial charge >= 0.3 is 0 Å². The van der Waals surface area contributed by atoms with Crippen LogP contribution in [0, 0.1) is 13.8 Å². The molecule has 1 amide bonds. The van der Waals surface area contributed by atoms with Crippen molar-refractivity contribution in [2.75, 3.05) is 5.32 Å². The first-order valence-electron chi connectivity index (χ1n) is 10.6. The third-order valence-electron chi connectivity index (χ3n) is 5.84. The molecule has 1 aromatic heterocycles. The Labute approximate surface area is 177 Å². The number of nitrogens with one attached hydrogen (secondary N) is 1. The van der Waals surface area contributed by atoms with E-state index in [0.29, 0.717) is 6.42 Å². The van der Waals surface area contributed by atoms with E-state index in [4.69, 9.17) is 4.74 Å². The number of aromatic nitrogens is 1. The maximum Gasteiger partial charge on any atom is 0.265 e. The van der Waals surface area contributed by atoms with Gasteiger partial charge in [0.2, 0.25) is 0 Å². The van der Waals surface area contributed by atoms with Crippen molar-refractivity contribution < 1.29 is 9.53 Å². The molecule has 1 unspecified atom stereocenters. The third kappa shape index (κ3) is 3.54. The van der Waals surface area contributed by atoms with Crippen LogP contribution in [0.5, 0.6) is 5.75 Å². The molecule has 0 aliphatic rings. The van der Waals surface area contributed by atoms with Crippen LogP contribution < -0.4 is 10.1 Å². The summed E-state index contributed by atoms with van der Waals surface area (Å²) in [7, 11) is 0. The molecule has 0 spiro atoms. The number of rotatable bonds is 6. The molecule has 3 aromatic carbocycles. The number of carbonyl (C=O) groups is 1. The number of anilines is 1. The van der Waals surface area contributed by atoms with E-state index in [9.17, 15) is 4.79 Å². The molecule has 4 nitrogen and oxygen atoms in total. The molecule has 0 radical (unpaired) electrons. The summed E-state index contributed by atoms with van der Waals surface area (Å²) in [6, 6.07) is 20.4. The largest absolute Gasteiger partial charge is 0.480 e. The molecule has 4 rings (SSSR count). The lowest BCUT2D eigenvalue weighted by Crippen LogP contribution is -2.32. The third-order valence-corrected chi connectivity index (χ3v) is 5.84. The van der Waals surface area contributed by atoms with Crippen LogP contribution in [0.4, 0.5) is 5.69 Å². The van der Waals surface area contributed by atoms with Gasteiger partial charge in [0.15, 0.2) is 6.10 Å². The van der Waals surface area contributed by atoms with Gasteiger partial charge in [-0.25, -0.2) is 0 Å². The number of hydrogen-bond acceptors (Lipinski definition) is 2. The Balaban J connectivity index is 1.62. The first-order chi connectivity index (χ1) is 14.5. The van der Waals surface area contributed by atoms with Gasteiger partial charge in [-0.3, -0.25) is 4.79 Å². The zero-order valence-electron chi connectivity index (χ0n) is 18.0. The van der Waals surface area contributed by atoms with Crippen LogP contribution in [-0.4, -0.2) is 16.6 Å². The molecule has 0 fully saturated rings. The highest BCUT2D eigenvalue weighted by molar-refractivity contribution is 6.10. The summed E-state index contributed by atoms with van der Waals surface area (Å²) in [5, 5.41) is 5.40. The average Bonchev–Trinajstić information content (AvgIpc) is 3.07. The molecular weight excluding hydrogens is 372 g/mol. The van der Waals surface area contributed by atoms with E-state index in [2.05, 4.69) is 53.2 Å². The van der Waals surface area contributed by atoms with Gasteiger partial charge < -0.3 is 14.6 Å². The van der Waals surface area contributed by atoms with Gasteiger partial charge in [-0.05, 0) is 68.7 Å². The maximum atomic E-state index is 13.0. The Morgan fingerprint density at radius 3 is 2.50 bits per heavy atom. The van der Waals surface area contributed by atoms with Gasteiger partial charge in [0, 0.05) is 34.0 Å². The molecule has 0 aliphatic heterocycles. The van der Waals surface area contributed by atoms with Crippen LogP contribution in [-0.2, 0) is 11.3 Å². The van der Waals surface area contributed by atoms with Crippen LogP contribution in [0.1, 0.15) is 31.4 Å². The highest BCUT2D eigenvalue weighted by Gasteiger charge is 2.20. The molecule has 4 heteroatoms. The predicted molar refractivity (Wildman–Crippen MR) is 124 cm³/mol. The maximum absolute atomic E-state index is 13.0. The number of nitrogens with zero attached hydrogens (tertiary/aromatic N) is 1. The summed E-state index contributed by atoms with van der Waals surface area (Å²) in [6.45, 7) is 9.08. The second-order valence-corrected chi connectivity index (χ2v) is 7.70. The van der Waals surface area contributed by atoms with Crippen molar-refractivity contribution in [1.29, 1.82) is 0 Å². The summed E-state index contributed by atoms with van der Waals surface area (Å²) < 4.78 is 8.37. The number of fused-ring (bicyclic) bond motifs is 3. The molecular formula is C26H28N2O2. The summed E-state index contributed by atoms with van der Waals surface area (Å²) in [6.07, 6.45) is 0.0505. The SMILES string of the molecule is CCC(Oc1cccc(C)c1C)C(=O)Nc1ccc2c(c1)c1ccccc1n2CC. The second kappa shape index (κ2) is 8.23. The van der Waals surface area contributed by atoms with Crippen molar-refractivity contribution in [3.8, 4) is 5.75 Å². The number of aryl methyl sites for hydroxylation is 2. The molecule has 0 aliphatic carbocycles. The number of para-hydroxylation sites is 1. The molecule has 0 bridgehead atoms. The summed E-state index contributed by atoms with van der Waals surface area (Å²) in [4.78, 5) is 13.0. The quantitative estimate of drug-likeness (QED) is 0.417. The molecule has 30 heavy (non-hydrogen) atoms. The normalized spacial score (nSPS) is 12.3. The van der Waals surface area contributed by atoms with E-state index < -0.39 is 6.10 Å². The van der Waals surface area contributed by atoms with E-state index in [0.717, 1.165) is 34.5 Å². The van der Waals surface area contributed by atoms with E-state index in [1.165, 1.54) is 16.4 Å². The average molecular weight is 401 g/mol. The summed E-state index contributed by atoms with van der Waals surface area (Å²) in [5.74, 6) is 0.635. The minimum absolute atomic E-state index is 0.128. The Bertz CT molecular complexity index is 1220. The first kappa shape index (κ1) is 20.0. The molecule has 0 saturated carbocycles. The zero-order valence-corrected chi connectivity index (χ0v) is 18.0. The van der Waals surface area contributed by atoms with E-state index in [1.54, 1.807) is 0 Å². The molecule has 1 N–H and O–H groups in total. The van der Waals surface area contributed by atoms with Gasteiger partial charge in [-0.15, -0.1) is 0 Å². The lowest BCUT2D eigenvalue weighted by Gasteiger charge is -2.19. The van der Waals surface area contributed by atoms with Crippen molar-refractivity contribution in [3.05, 3.63) is 71.8 Å². The van der Waals surface area contributed by atoms with E-state index in [-0.39, 0.29) is 5.91 Å². The summed E-state index contributed by atoms with van der Waals surface area (Å²) in [5.41, 5.74) is 5.39. The summed E-state index contributed by atoms with van der Waals surface area (Å²) >= 11 is 0. The van der Waals surface area contributed by atoms with Crippen LogP contribution in [0.3, 0.4) is 0 Å². The van der Waals surface area contributed by atoms with Crippen LogP contribution in [0.25, 0.3) is 21.8 Å². The fraction of sp³-hybridized carbons (Fsp3) is 0.269. The number of benzene rings is 3. The fourth-order valence-corrected chi connectivity index (χ4v) is 4.02. The minimum Gasteiger partial charge on any atom is -0.480 e. The Morgan fingerprint density at radius 2 is 1.73 bits per heavy atom. The predicted octanol–water partition coefficient (Wildman–Crippen LogP) is 6.23. The molecule has 154 valence electrons. The van der Waals surface area contributed by atoms with Gasteiger partial charge in [-0.1, -0.05) is 37.3 Å². The van der Waals surface area contributed by atoms with Gasteiger partial charge in [-0.2, -0.15) is 0 Å². The van der Waals surface area contributed by atoms with Crippen molar-refractivity contribution in [1.82, 2.24) is 4.57 Å². The fourth-order valence-electron chi connectivity index (χ4n) is 4.02. The minimum atomic E-state index is -0.543. The molecule has 0 saturated heterocycles. The van der Waals surface area contributed by atoms with Crippen molar-refractivity contribution in [2.24, 2.45) is 0 Å². The second-order valence-electron chi connectivity index (χ2n) is 7.70. The van der Waals surface area contributed by atoms with Crippen LogP contribution in [0.2, 0.25) is 0 Å². The first-order valence-corrected chi connectivity index (χ1v) is 10.6. The topological polar surface area (TPSA) is 43.3 Å². The van der Waals surface area contributed by atoms with Crippen LogP contribution in [0.15, 0.2) is 60.7 Å². The zero-order chi connectivity index (χ0) is 21.3.